The number of aryl methyl sites for hydroxylation is 1. The molecule has 3 aromatic heterocycles. The first-order valence-corrected chi connectivity index (χ1v) is 12.8. The minimum absolute atomic E-state index is 0.167. The van der Waals surface area contributed by atoms with Crippen molar-refractivity contribution in [3.05, 3.63) is 66.6 Å². The van der Waals surface area contributed by atoms with Crippen LogP contribution in [-0.2, 0) is 0 Å². The van der Waals surface area contributed by atoms with Crippen LogP contribution in [0.3, 0.4) is 0 Å². The Balaban J connectivity index is 1.45. The Hall–Kier alpha value is -4.69. The Morgan fingerprint density at radius 3 is 2.67 bits per heavy atom. The van der Waals surface area contributed by atoms with Crippen molar-refractivity contribution < 1.29 is 18.3 Å². The molecule has 1 fully saturated rings. The van der Waals surface area contributed by atoms with Crippen molar-refractivity contribution >= 4 is 21.9 Å². The van der Waals surface area contributed by atoms with Crippen LogP contribution in [0.5, 0.6) is 17.5 Å². The lowest BCUT2D eigenvalue weighted by Crippen LogP contribution is -2.43. The van der Waals surface area contributed by atoms with Gasteiger partial charge in [0.2, 0.25) is 0 Å². The third kappa shape index (κ3) is 4.56. The van der Waals surface area contributed by atoms with Gasteiger partial charge in [-0.25, -0.2) is 23.7 Å². The molecule has 1 aliphatic rings. The van der Waals surface area contributed by atoms with Crippen LogP contribution in [-0.4, -0.2) is 62.3 Å². The van der Waals surface area contributed by atoms with E-state index in [2.05, 4.69) is 26.0 Å². The van der Waals surface area contributed by atoms with E-state index in [-0.39, 0.29) is 19.1 Å². The number of nitriles is 1. The van der Waals surface area contributed by atoms with Crippen LogP contribution in [0.4, 0.5) is 8.78 Å². The number of hydrogen-bond acceptors (Lipinski definition) is 8. The molecule has 2 unspecified atom stereocenters. The Bertz CT molecular complexity index is 1750. The van der Waals surface area contributed by atoms with Crippen molar-refractivity contribution in [2.45, 2.75) is 25.6 Å². The number of benzene rings is 2. The van der Waals surface area contributed by atoms with Crippen molar-refractivity contribution in [1.29, 1.82) is 5.26 Å². The molecule has 5 aromatic rings. The molecule has 6 rings (SSSR count). The molecule has 0 spiro atoms. The number of aromatic nitrogens is 5. The molecule has 40 heavy (non-hydrogen) atoms. The first-order valence-electron chi connectivity index (χ1n) is 12.8. The number of imidazole rings is 1. The largest absolute Gasteiger partial charge is 0.496 e. The van der Waals surface area contributed by atoms with Gasteiger partial charge in [0, 0.05) is 54.1 Å². The summed E-state index contributed by atoms with van der Waals surface area (Å²) in [4.78, 5) is 19.0. The SMILES string of the molecule is COc1cc(Oc2ncccn2)ccc1-c1cc2c(cc1F)ncc1nc(C)n(C3CCN(CC#N)CC3F)c12. The van der Waals surface area contributed by atoms with Crippen molar-refractivity contribution in [2.24, 2.45) is 0 Å². The summed E-state index contributed by atoms with van der Waals surface area (Å²) in [6.07, 6.45) is 4.06. The first-order chi connectivity index (χ1) is 19.5. The maximum Gasteiger partial charge on any atom is 0.321 e. The number of alkyl halides is 1. The van der Waals surface area contributed by atoms with E-state index in [1.165, 1.54) is 13.2 Å². The van der Waals surface area contributed by atoms with E-state index in [0.29, 0.717) is 63.4 Å². The number of likely N-dealkylation sites (tertiary alicyclic amines) is 1. The number of halogens is 2. The van der Waals surface area contributed by atoms with Crippen LogP contribution in [0, 0.1) is 24.1 Å². The number of nitrogens with zero attached hydrogens (tertiary/aromatic N) is 7. The van der Waals surface area contributed by atoms with Gasteiger partial charge in [0.1, 0.15) is 34.8 Å². The first kappa shape index (κ1) is 25.6. The van der Waals surface area contributed by atoms with Gasteiger partial charge in [-0.15, -0.1) is 0 Å². The molecular weight excluding hydrogens is 516 g/mol. The fraction of sp³-hybridized carbons (Fsp3) is 0.276. The summed E-state index contributed by atoms with van der Waals surface area (Å²) in [6, 6.07) is 11.6. The van der Waals surface area contributed by atoms with Crippen LogP contribution in [0.1, 0.15) is 18.3 Å². The van der Waals surface area contributed by atoms with Gasteiger partial charge in [-0.3, -0.25) is 9.88 Å². The standard InChI is InChI=1S/C29H25F2N7O2/c1-17-36-25-15-35-24-14-22(30)20(19-5-4-18(12-27(19)39-2)40-29-33-8-3-9-34-29)13-21(24)28(25)38(17)26-6-10-37(11-7-32)16-23(26)31/h3-5,8-9,12-15,23,26H,6,10-11,16H2,1-2H3. The molecule has 0 radical (unpaired) electrons. The minimum atomic E-state index is -1.19. The van der Waals surface area contributed by atoms with Gasteiger partial charge in [-0.05, 0) is 37.6 Å². The molecule has 0 amide bonds. The molecule has 9 nitrogen and oxygen atoms in total. The smallest absolute Gasteiger partial charge is 0.321 e. The van der Waals surface area contributed by atoms with Crippen molar-refractivity contribution in [3.63, 3.8) is 0 Å². The zero-order valence-electron chi connectivity index (χ0n) is 21.9. The molecule has 0 saturated carbocycles. The van der Waals surface area contributed by atoms with E-state index < -0.39 is 18.0 Å². The second-order valence-electron chi connectivity index (χ2n) is 9.63. The van der Waals surface area contributed by atoms with Crippen LogP contribution >= 0.6 is 0 Å². The normalized spacial score (nSPS) is 17.7. The Morgan fingerprint density at radius 2 is 1.93 bits per heavy atom. The van der Waals surface area contributed by atoms with Crippen LogP contribution in [0.2, 0.25) is 0 Å². The molecule has 2 aromatic carbocycles. The van der Waals surface area contributed by atoms with Gasteiger partial charge in [0.05, 0.1) is 43.0 Å². The van der Waals surface area contributed by atoms with E-state index in [1.54, 1.807) is 48.9 Å². The van der Waals surface area contributed by atoms with Crippen molar-refractivity contribution in [3.8, 4) is 34.7 Å². The van der Waals surface area contributed by atoms with Crippen LogP contribution < -0.4 is 9.47 Å². The quantitative estimate of drug-likeness (QED) is 0.264. The summed E-state index contributed by atoms with van der Waals surface area (Å²) < 4.78 is 44.2. The van der Waals surface area contributed by atoms with E-state index in [1.807, 2.05) is 16.4 Å². The van der Waals surface area contributed by atoms with Gasteiger partial charge in [0.25, 0.3) is 0 Å². The maximum absolute atomic E-state index is 15.5. The van der Waals surface area contributed by atoms with Crippen LogP contribution in [0.15, 0.2) is 55.0 Å². The predicted molar refractivity (Wildman–Crippen MR) is 144 cm³/mol. The van der Waals surface area contributed by atoms with Gasteiger partial charge in [-0.2, -0.15) is 5.26 Å². The van der Waals surface area contributed by atoms with Gasteiger partial charge in [-0.1, -0.05) is 0 Å². The van der Waals surface area contributed by atoms with Crippen LogP contribution in [0.25, 0.3) is 33.1 Å². The summed E-state index contributed by atoms with van der Waals surface area (Å²) in [7, 11) is 1.50. The zero-order chi connectivity index (χ0) is 27.8. The summed E-state index contributed by atoms with van der Waals surface area (Å²) in [6.45, 7) is 2.79. The van der Waals surface area contributed by atoms with E-state index in [0.717, 1.165) is 0 Å². The average molecular weight is 542 g/mol. The monoisotopic (exact) mass is 541 g/mol. The van der Waals surface area contributed by atoms with E-state index in [4.69, 9.17) is 14.7 Å². The van der Waals surface area contributed by atoms with Crippen molar-refractivity contribution in [2.75, 3.05) is 26.7 Å². The summed E-state index contributed by atoms with van der Waals surface area (Å²) >= 11 is 0. The molecule has 0 aliphatic carbocycles. The summed E-state index contributed by atoms with van der Waals surface area (Å²) in [5.41, 5.74) is 2.55. The Morgan fingerprint density at radius 1 is 1.10 bits per heavy atom. The molecule has 0 bridgehead atoms. The average Bonchev–Trinajstić information content (AvgIpc) is 3.29. The molecule has 2 atom stereocenters. The number of pyridine rings is 1. The fourth-order valence-corrected chi connectivity index (χ4v) is 5.42. The number of ether oxygens (including phenoxy) is 2. The minimum Gasteiger partial charge on any atom is -0.496 e. The Labute approximate surface area is 228 Å². The molecule has 1 saturated heterocycles. The Kier molecular flexibility index (Phi) is 6.69. The summed E-state index contributed by atoms with van der Waals surface area (Å²) in [5, 5.41) is 9.69. The number of piperidine rings is 1. The third-order valence-electron chi connectivity index (χ3n) is 7.21. The highest BCUT2D eigenvalue weighted by atomic mass is 19.1. The molecule has 202 valence electrons. The van der Waals surface area contributed by atoms with Crippen molar-refractivity contribution in [1.82, 2.24) is 29.4 Å². The number of methoxy groups -OCH3 is 1. The molecule has 11 heteroatoms. The molecular formula is C29H25F2N7O2. The highest BCUT2D eigenvalue weighted by Crippen LogP contribution is 2.39. The lowest BCUT2D eigenvalue weighted by Gasteiger charge is -2.35. The number of rotatable bonds is 6. The fourth-order valence-electron chi connectivity index (χ4n) is 5.42. The third-order valence-corrected chi connectivity index (χ3v) is 7.21. The lowest BCUT2D eigenvalue weighted by molar-refractivity contribution is 0.0996. The topological polar surface area (TPSA) is 102 Å². The number of hydrogen-bond donors (Lipinski definition) is 0. The maximum atomic E-state index is 15.5. The van der Waals surface area contributed by atoms with E-state index in [9.17, 15) is 0 Å². The van der Waals surface area contributed by atoms with Gasteiger partial charge < -0.3 is 14.0 Å². The second-order valence-corrected chi connectivity index (χ2v) is 9.63. The van der Waals surface area contributed by atoms with Gasteiger partial charge in [0.15, 0.2) is 0 Å². The molecule has 4 heterocycles. The summed E-state index contributed by atoms with van der Waals surface area (Å²) in [5.74, 6) is 1.00. The lowest BCUT2D eigenvalue weighted by atomic mass is 9.99. The highest BCUT2D eigenvalue weighted by Gasteiger charge is 2.33. The number of fused-ring (bicyclic) bond motifs is 3. The van der Waals surface area contributed by atoms with E-state index >= 15 is 8.78 Å². The molecule has 0 N–H and O–H groups in total. The second kappa shape index (κ2) is 10.5. The molecule has 1 aliphatic heterocycles. The van der Waals surface area contributed by atoms with Gasteiger partial charge >= 0.3 is 6.01 Å². The highest BCUT2D eigenvalue weighted by molar-refractivity contribution is 6.04. The zero-order valence-corrected chi connectivity index (χ0v) is 21.9. The predicted octanol–water partition coefficient (Wildman–Crippen LogP) is 5.40.